The Morgan fingerprint density at radius 1 is 1.20 bits per heavy atom. The Balaban J connectivity index is 1.76. The summed E-state index contributed by atoms with van der Waals surface area (Å²) in [4.78, 5) is 13.5. The zero-order valence-electron chi connectivity index (χ0n) is 9.25. The maximum absolute atomic E-state index is 12.9. The fourth-order valence-electron chi connectivity index (χ4n) is 2.71. The lowest BCUT2D eigenvalue weighted by atomic mass is 9.87. The summed E-state index contributed by atoms with van der Waals surface area (Å²) in [5.74, 6) is 0.756. The zero-order chi connectivity index (χ0) is 10.7. The monoisotopic (exact) mass is 213 g/mol. The molecule has 0 aromatic heterocycles. The number of rotatable bonds is 2. The summed E-state index contributed by atoms with van der Waals surface area (Å²) < 4.78 is 12.9. The van der Waals surface area contributed by atoms with E-state index in [0.29, 0.717) is 31.8 Å². The second kappa shape index (κ2) is 4.95. The van der Waals surface area contributed by atoms with Crippen LogP contribution in [0.4, 0.5) is 4.39 Å². The van der Waals surface area contributed by atoms with Crippen LogP contribution in [0.1, 0.15) is 44.9 Å². The van der Waals surface area contributed by atoms with Gasteiger partial charge in [-0.15, -0.1) is 0 Å². The molecule has 1 heterocycles. The summed E-state index contributed by atoms with van der Waals surface area (Å²) >= 11 is 0. The quantitative estimate of drug-likeness (QED) is 0.690. The van der Waals surface area contributed by atoms with Crippen molar-refractivity contribution in [2.45, 2.75) is 51.1 Å². The van der Waals surface area contributed by atoms with Crippen molar-refractivity contribution < 1.29 is 9.18 Å². The summed E-state index contributed by atoms with van der Waals surface area (Å²) in [5, 5.41) is 0. The Bertz CT molecular complexity index is 226. The van der Waals surface area contributed by atoms with Crippen molar-refractivity contribution in [2.75, 3.05) is 13.1 Å². The van der Waals surface area contributed by atoms with Gasteiger partial charge in [-0.3, -0.25) is 4.79 Å². The first-order chi connectivity index (χ1) is 7.25. The van der Waals surface area contributed by atoms with Crippen LogP contribution in [0.15, 0.2) is 0 Å². The summed E-state index contributed by atoms with van der Waals surface area (Å²) in [7, 11) is 0. The molecule has 0 radical (unpaired) electrons. The highest BCUT2D eigenvalue weighted by Gasteiger charge is 2.27. The average Bonchev–Trinajstić information content (AvgIpc) is 2.66. The molecule has 1 saturated carbocycles. The molecule has 15 heavy (non-hydrogen) atoms. The molecule has 2 nitrogen and oxygen atoms in total. The van der Waals surface area contributed by atoms with E-state index in [2.05, 4.69) is 0 Å². The third-order valence-corrected chi connectivity index (χ3v) is 3.67. The Morgan fingerprint density at radius 2 is 1.93 bits per heavy atom. The first kappa shape index (κ1) is 10.9. The smallest absolute Gasteiger partial charge is 0.222 e. The van der Waals surface area contributed by atoms with E-state index >= 15 is 0 Å². The Labute approximate surface area is 90.8 Å². The molecule has 0 bridgehead atoms. The number of carbonyl (C=O) groups is 1. The lowest BCUT2D eigenvalue weighted by Gasteiger charge is -2.23. The average molecular weight is 213 g/mol. The molecule has 0 N–H and O–H groups in total. The molecule has 1 atom stereocenters. The van der Waals surface area contributed by atoms with Crippen molar-refractivity contribution >= 4 is 5.91 Å². The van der Waals surface area contributed by atoms with E-state index in [1.807, 2.05) is 0 Å². The molecule has 86 valence electrons. The molecule has 1 aliphatic heterocycles. The van der Waals surface area contributed by atoms with Gasteiger partial charge in [0, 0.05) is 13.0 Å². The van der Waals surface area contributed by atoms with Gasteiger partial charge in [-0.1, -0.05) is 19.3 Å². The minimum Gasteiger partial charge on any atom is -0.340 e. The number of halogens is 1. The first-order valence-corrected chi connectivity index (χ1v) is 6.17. The Hall–Kier alpha value is -0.600. The maximum atomic E-state index is 12.9. The Kier molecular flexibility index (Phi) is 3.60. The number of hydrogen-bond acceptors (Lipinski definition) is 1. The van der Waals surface area contributed by atoms with E-state index in [-0.39, 0.29) is 5.91 Å². The zero-order valence-corrected chi connectivity index (χ0v) is 9.25. The van der Waals surface area contributed by atoms with E-state index in [0.717, 1.165) is 0 Å². The number of carbonyl (C=O) groups excluding carboxylic acids is 1. The molecule has 0 aromatic rings. The van der Waals surface area contributed by atoms with Gasteiger partial charge >= 0.3 is 0 Å². The van der Waals surface area contributed by atoms with Crippen LogP contribution in [0.2, 0.25) is 0 Å². The number of nitrogens with zero attached hydrogens (tertiary/aromatic N) is 1. The molecular formula is C12H20FNO. The predicted octanol–water partition coefficient (Wildman–Crippen LogP) is 2.53. The molecule has 1 amide bonds. The second-order valence-electron chi connectivity index (χ2n) is 4.93. The highest BCUT2D eigenvalue weighted by molar-refractivity contribution is 5.76. The van der Waals surface area contributed by atoms with E-state index in [1.54, 1.807) is 4.90 Å². The SMILES string of the molecule is O=C(CC1CCCCC1)N1CC[C@H](F)C1. The predicted molar refractivity (Wildman–Crippen MR) is 57.3 cm³/mol. The molecular weight excluding hydrogens is 193 g/mol. The first-order valence-electron chi connectivity index (χ1n) is 6.17. The van der Waals surface area contributed by atoms with Crippen molar-refractivity contribution in [3.63, 3.8) is 0 Å². The van der Waals surface area contributed by atoms with Crippen molar-refractivity contribution in [3.8, 4) is 0 Å². The lowest BCUT2D eigenvalue weighted by molar-refractivity contribution is -0.131. The molecule has 0 spiro atoms. The van der Waals surface area contributed by atoms with Gasteiger partial charge in [0.15, 0.2) is 0 Å². The summed E-state index contributed by atoms with van der Waals surface area (Å²) in [6, 6.07) is 0. The highest BCUT2D eigenvalue weighted by Crippen LogP contribution is 2.27. The lowest BCUT2D eigenvalue weighted by Crippen LogP contribution is -2.30. The van der Waals surface area contributed by atoms with Crippen molar-refractivity contribution in [3.05, 3.63) is 0 Å². The Morgan fingerprint density at radius 3 is 2.53 bits per heavy atom. The van der Waals surface area contributed by atoms with Crippen molar-refractivity contribution in [1.29, 1.82) is 0 Å². The van der Waals surface area contributed by atoms with E-state index in [9.17, 15) is 9.18 Å². The molecule has 3 heteroatoms. The largest absolute Gasteiger partial charge is 0.340 e. The van der Waals surface area contributed by atoms with Crippen LogP contribution in [0.3, 0.4) is 0 Å². The number of alkyl halides is 1. The highest BCUT2D eigenvalue weighted by atomic mass is 19.1. The van der Waals surface area contributed by atoms with Crippen LogP contribution >= 0.6 is 0 Å². The molecule has 0 unspecified atom stereocenters. The van der Waals surface area contributed by atoms with Gasteiger partial charge in [0.2, 0.25) is 5.91 Å². The van der Waals surface area contributed by atoms with Crippen LogP contribution < -0.4 is 0 Å². The summed E-state index contributed by atoms with van der Waals surface area (Å²) in [6.07, 6.45) is 6.66. The van der Waals surface area contributed by atoms with Gasteiger partial charge in [-0.2, -0.15) is 0 Å². The van der Waals surface area contributed by atoms with Gasteiger partial charge in [0.25, 0.3) is 0 Å². The molecule has 1 aliphatic carbocycles. The van der Waals surface area contributed by atoms with Gasteiger partial charge < -0.3 is 4.90 Å². The standard InChI is InChI=1S/C12H20FNO/c13-11-6-7-14(9-11)12(15)8-10-4-2-1-3-5-10/h10-11H,1-9H2/t11-/m0/s1. The van der Waals surface area contributed by atoms with Gasteiger partial charge in [-0.25, -0.2) is 4.39 Å². The van der Waals surface area contributed by atoms with E-state index in [4.69, 9.17) is 0 Å². The van der Waals surface area contributed by atoms with Crippen molar-refractivity contribution in [1.82, 2.24) is 4.90 Å². The fraction of sp³-hybridized carbons (Fsp3) is 0.917. The van der Waals surface area contributed by atoms with Gasteiger partial charge in [0.05, 0.1) is 6.54 Å². The minimum absolute atomic E-state index is 0.182. The van der Waals surface area contributed by atoms with Crippen LogP contribution in [0.5, 0.6) is 0 Å². The topological polar surface area (TPSA) is 20.3 Å². The molecule has 2 rings (SSSR count). The van der Waals surface area contributed by atoms with Gasteiger partial charge in [0.1, 0.15) is 6.17 Å². The number of likely N-dealkylation sites (tertiary alicyclic amines) is 1. The third kappa shape index (κ3) is 2.93. The van der Waals surface area contributed by atoms with E-state index < -0.39 is 6.17 Å². The van der Waals surface area contributed by atoms with Gasteiger partial charge in [-0.05, 0) is 25.2 Å². The summed E-state index contributed by atoms with van der Waals surface area (Å²) in [5.41, 5.74) is 0. The van der Waals surface area contributed by atoms with E-state index in [1.165, 1.54) is 32.1 Å². The van der Waals surface area contributed by atoms with Crippen molar-refractivity contribution in [2.24, 2.45) is 5.92 Å². The normalized spacial score (nSPS) is 28.3. The summed E-state index contributed by atoms with van der Waals surface area (Å²) in [6.45, 7) is 0.971. The van der Waals surface area contributed by atoms with Crippen LogP contribution in [0, 0.1) is 5.92 Å². The molecule has 2 fully saturated rings. The molecule has 0 aromatic carbocycles. The number of amides is 1. The van der Waals surface area contributed by atoms with Crippen LogP contribution in [-0.2, 0) is 4.79 Å². The second-order valence-corrected chi connectivity index (χ2v) is 4.93. The fourth-order valence-corrected chi connectivity index (χ4v) is 2.71. The maximum Gasteiger partial charge on any atom is 0.222 e. The van der Waals surface area contributed by atoms with Crippen LogP contribution in [0.25, 0.3) is 0 Å². The minimum atomic E-state index is -0.777. The molecule has 1 saturated heterocycles. The molecule has 2 aliphatic rings. The number of hydrogen-bond donors (Lipinski definition) is 0. The third-order valence-electron chi connectivity index (χ3n) is 3.67. The van der Waals surface area contributed by atoms with Crippen LogP contribution in [-0.4, -0.2) is 30.1 Å².